The molecule has 0 aliphatic carbocycles. The molecule has 0 spiro atoms. The van der Waals surface area contributed by atoms with Gasteiger partial charge in [0.25, 0.3) is 5.91 Å². The van der Waals surface area contributed by atoms with Crippen molar-refractivity contribution in [3.05, 3.63) is 24.3 Å². The van der Waals surface area contributed by atoms with E-state index in [1.165, 1.54) is 0 Å². The van der Waals surface area contributed by atoms with Crippen LogP contribution >= 0.6 is 0 Å². The molecule has 1 rings (SSSR count). The molecule has 0 radical (unpaired) electrons. The highest BCUT2D eigenvalue weighted by Gasteiger charge is 2.16. The van der Waals surface area contributed by atoms with Crippen molar-refractivity contribution in [1.82, 2.24) is 4.90 Å². The van der Waals surface area contributed by atoms with Crippen molar-refractivity contribution in [2.45, 2.75) is 32.7 Å². The summed E-state index contributed by atoms with van der Waals surface area (Å²) >= 11 is 0. The lowest BCUT2D eigenvalue weighted by Gasteiger charge is -2.26. The summed E-state index contributed by atoms with van der Waals surface area (Å²) in [4.78, 5) is 13.7. The van der Waals surface area contributed by atoms with E-state index in [0.29, 0.717) is 11.4 Å². The molecule has 1 amide bonds. The van der Waals surface area contributed by atoms with E-state index < -0.39 is 0 Å². The summed E-state index contributed by atoms with van der Waals surface area (Å²) in [6.07, 6.45) is 1.91. The summed E-state index contributed by atoms with van der Waals surface area (Å²) in [6, 6.07) is 7.37. The summed E-state index contributed by atoms with van der Waals surface area (Å²) in [5.74, 6) is 0.618. The molecule has 4 nitrogen and oxygen atoms in total. The number of nitrogen functional groups attached to an aromatic ring is 1. The highest BCUT2D eigenvalue weighted by atomic mass is 16.5. The second-order valence-electron chi connectivity index (χ2n) is 4.34. The van der Waals surface area contributed by atoms with E-state index in [1.807, 2.05) is 7.05 Å². The fourth-order valence-electron chi connectivity index (χ4n) is 1.89. The molecule has 100 valence electrons. The molecular formula is C14H22N2O2. The van der Waals surface area contributed by atoms with Crippen LogP contribution in [0.3, 0.4) is 0 Å². The van der Waals surface area contributed by atoms with Gasteiger partial charge in [-0.05, 0) is 25.0 Å². The number of benzene rings is 1. The molecule has 1 aromatic rings. The van der Waals surface area contributed by atoms with Crippen LogP contribution in [0.4, 0.5) is 5.69 Å². The van der Waals surface area contributed by atoms with Crippen LogP contribution in [-0.2, 0) is 4.79 Å². The molecule has 4 heteroatoms. The second kappa shape index (κ2) is 6.89. The quantitative estimate of drug-likeness (QED) is 0.788. The molecule has 1 aromatic carbocycles. The number of carbonyl (C=O) groups is 1. The Morgan fingerprint density at radius 3 is 2.61 bits per heavy atom. The zero-order chi connectivity index (χ0) is 13.5. The first-order valence-corrected chi connectivity index (χ1v) is 6.32. The Bertz CT molecular complexity index is 389. The molecule has 0 unspecified atom stereocenters. The smallest absolute Gasteiger partial charge is 0.260 e. The Hall–Kier alpha value is -1.71. The number of hydrogen-bond acceptors (Lipinski definition) is 3. The third-order valence-electron chi connectivity index (χ3n) is 3.10. The number of anilines is 1. The number of likely N-dealkylation sites (N-methyl/N-ethyl adjacent to an activating group) is 1. The molecule has 0 atom stereocenters. The van der Waals surface area contributed by atoms with Crippen molar-refractivity contribution in [2.75, 3.05) is 19.4 Å². The van der Waals surface area contributed by atoms with Crippen molar-refractivity contribution in [2.24, 2.45) is 0 Å². The van der Waals surface area contributed by atoms with E-state index in [2.05, 4.69) is 13.8 Å². The number of carbonyl (C=O) groups excluding carboxylic acids is 1. The van der Waals surface area contributed by atoms with Crippen molar-refractivity contribution < 1.29 is 9.53 Å². The fraction of sp³-hybridized carbons (Fsp3) is 0.500. The molecule has 0 heterocycles. The van der Waals surface area contributed by atoms with E-state index in [1.54, 1.807) is 29.2 Å². The number of nitrogens with two attached hydrogens (primary N) is 1. The largest absolute Gasteiger partial charge is 0.484 e. The van der Waals surface area contributed by atoms with Crippen LogP contribution in [0.5, 0.6) is 5.75 Å². The Balaban J connectivity index is 2.50. The van der Waals surface area contributed by atoms with Crippen LogP contribution in [0.1, 0.15) is 26.7 Å². The van der Waals surface area contributed by atoms with E-state index in [0.717, 1.165) is 12.8 Å². The maximum Gasteiger partial charge on any atom is 0.260 e. The highest BCUT2D eigenvalue weighted by molar-refractivity contribution is 5.77. The van der Waals surface area contributed by atoms with Gasteiger partial charge in [0, 0.05) is 24.8 Å². The standard InChI is InChI=1S/C14H22N2O2/c1-4-12(5-2)16(3)14(17)10-18-13-8-6-7-11(15)9-13/h6-9,12H,4-5,10,15H2,1-3H3. The third-order valence-corrected chi connectivity index (χ3v) is 3.10. The number of nitrogens with zero attached hydrogens (tertiary/aromatic N) is 1. The maximum atomic E-state index is 11.9. The Morgan fingerprint density at radius 1 is 1.39 bits per heavy atom. The van der Waals surface area contributed by atoms with Gasteiger partial charge in [0.05, 0.1) is 0 Å². The van der Waals surface area contributed by atoms with Gasteiger partial charge in [-0.2, -0.15) is 0 Å². The first-order valence-electron chi connectivity index (χ1n) is 6.32. The summed E-state index contributed by atoms with van der Waals surface area (Å²) in [5, 5.41) is 0. The Morgan fingerprint density at radius 2 is 2.06 bits per heavy atom. The fourth-order valence-corrected chi connectivity index (χ4v) is 1.89. The molecule has 2 N–H and O–H groups in total. The summed E-state index contributed by atoms with van der Waals surface area (Å²) in [6.45, 7) is 4.21. The minimum atomic E-state index is -0.00822. The van der Waals surface area contributed by atoms with Crippen molar-refractivity contribution in [1.29, 1.82) is 0 Å². The first kappa shape index (κ1) is 14.4. The topological polar surface area (TPSA) is 55.6 Å². The van der Waals surface area contributed by atoms with Crippen LogP contribution in [0, 0.1) is 0 Å². The molecular weight excluding hydrogens is 228 g/mol. The van der Waals surface area contributed by atoms with Gasteiger partial charge in [-0.25, -0.2) is 0 Å². The lowest BCUT2D eigenvalue weighted by molar-refractivity contribution is -0.134. The SMILES string of the molecule is CCC(CC)N(C)C(=O)COc1cccc(N)c1. The number of amides is 1. The van der Waals surface area contributed by atoms with Gasteiger partial charge in [0.2, 0.25) is 0 Å². The van der Waals surface area contributed by atoms with Crippen molar-refractivity contribution >= 4 is 11.6 Å². The molecule has 0 fully saturated rings. The Kier molecular flexibility index (Phi) is 5.49. The lowest BCUT2D eigenvalue weighted by atomic mass is 10.1. The maximum absolute atomic E-state index is 11.9. The number of hydrogen-bond donors (Lipinski definition) is 1. The van der Waals surface area contributed by atoms with E-state index in [-0.39, 0.29) is 18.6 Å². The van der Waals surface area contributed by atoms with Gasteiger partial charge in [0.1, 0.15) is 5.75 Å². The highest BCUT2D eigenvalue weighted by Crippen LogP contribution is 2.14. The van der Waals surface area contributed by atoms with Crippen LogP contribution in [-0.4, -0.2) is 30.5 Å². The summed E-state index contributed by atoms with van der Waals surface area (Å²) in [7, 11) is 1.82. The lowest BCUT2D eigenvalue weighted by Crippen LogP contribution is -2.39. The molecule has 0 saturated carbocycles. The van der Waals surface area contributed by atoms with Crippen molar-refractivity contribution in [3.63, 3.8) is 0 Å². The van der Waals surface area contributed by atoms with Gasteiger partial charge in [0.15, 0.2) is 6.61 Å². The van der Waals surface area contributed by atoms with Crippen LogP contribution in [0.2, 0.25) is 0 Å². The van der Waals surface area contributed by atoms with Gasteiger partial charge >= 0.3 is 0 Å². The van der Waals surface area contributed by atoms with Crippen molar-refractivity contribution in [3.8, 4) is 5.75 Å². The van der Waals surface area contributed by atoms with E-state index >= 15 is 0 Å². The molecule has 0 saturated heterocycles. The Labute approximate surface area is 109 Å². The number of ether oxygens (including phenoxy) is 1. The first-order chi connectivity index (χ1) is 8.58. The monoisotopic (exact) mass is 250 g/mol. The molecule has 0 aliphatic heterocycles. The van der Waals surface area contributed by atoms with E-state index in [9.17, 15) is 4.79 Å². The third kappa shape index (κ3) is 3.95. The van der Waals surface area contributed by atoms with Crippen LogP contribution in [0.25, 0.3) is 0 Å². The van der Waals surface area contributed by atoms with Gasteiger partial charge < -0.3 is 15.4 Å². The zero-order valence-corrected chi connectivity index (χ0v) is 11.3. The average Bonchev–Trinajstić information content (AvgIpc) is 2.37. The normalized spacial score (nSPS) is 10.4. The van der Waals surface area contributed by atoms with Gasteiger partial charge in [-0.1, -0.05) is 19.9 Å². The van der Waals surface area contributed by atoms with Crippen LogP contribution < -0.4 is 10.5 Å². The second-order valence-corrected chi connectivity index (χ2v) is 4.34. The van der Waals surface area contributed by atoms with Gasteiger partial charge in [-0.15, -0.1) is 0 Å². The minimum absolute atomic E-state index is 0.00822. The van der Waals surface area contributed by atoms with Crippen LogP contribution in [0.15, 0.2) is 24.3 Å². The predicted molar refractivity (Wildman–Crippen MR) is 73.5 cm³/mol. The molecule has 18 heavy (non-hydrogen) atoms. The molecule has 0 aliphatic rings. The number of rotatable bonds is 6. The predicted octanol–water partition coefficient (Wildman–Crippen LogP) is 2.29. The minimum Gasteiger partial charge on any atom is -0.484 e. The summed E-state index contributed by atoms with van der Waals surface area (Å²) in [5.41, 5.74) is 6.27. The average molecular weight is 250 g/mol. The zero-order valence-electron chi connectivity index (χ0n) is 11.3. The van der Waals surface area contributed by atoms with Gasteiger partial charge in [-0.3, -0.25) is 4.79 Å². The molecule has 0 bridgehead atoms. The molecule has 0 aromatic heterocycles. The van der Waals surface area contributed by atoms with E-state index in [4.69, 9.17) is 10.5 Å². The summed E-state index contributed by atoms with van der Waals surface area (Å²) < 4.78 is 5.44.